The monoisotopic (exact) mass is 304 g/mol. The van der Waals surface area contributed by atoms with Crippen LogP contribution < -0.4 is 16.6 Å². The van der Waals surface area contributed by atoms with Crippen LogP contribution in [0.4, 0.5) is 0 Å². The Kier molecular flexibility index (Phi) is 5.94. The Bertz CT molecular complexity index is 477. The van der Waals surface area contributed by atoms with Crippen molar-refractivity contribution < 1.29 is 4.79 Å². The van der Waals surface area contributed by atoms with Crippen LogP contribution in [0.15, 0.2) is 30.3 Å². The van der Waals surface area contributed by atoms with Gasteiger partial charge in [0.15, 0.2) is 0 Å². The summed E-state index contributed by atoms with van der Waals surface area (Å²) in [7, 11) is 1.85. The predicted molar refractivity (Wildman–Crippen MR) is 88.9 cm³/mol. The van der Waals surface area contributed by atoms with E-state index in [1.807, 2.05) is 25.2 Å². The number of rotatable bonds is 6. The lowest BCUT2D eigenvalue weighted by Gasteiger charge is -2.27. The van der Waals surface area contributed by atoms with Gasteiger partial charge in [-0.3, -0.25) is 10.2 Å². The first kappa shape index (κ1) is 16.9. The Labute approximate surface area is 133 Å². The molecule has 5 nitrogen and oxygen atoms in total. The Balaban J connectivity index is 1.95. The van der Waals surface area contributed by atoms with Crippen molar-refractivity contribution in [1.82, 2.24) is 15.8 Å². The van der Waals surface area contributed by atoms with Crippen LogP contribution in [-0.4, -0.2) is 37.0 Å². The number of nitrogens with two attached hydrogens (primary N) is 1. The van der Waals surface area contributed by atoms with Gasteiger partial charge >= 0.3 is 0 Å². The van der Waals surface area contributed by atoms with E-state index < -0.39 is 6.04 Å². The van der Waals surface area contributed by atoms with Gasteiger partial charge in [0.2, 0.25) is 5.91 Å². The standard InChI is InChI=1S/C17H28N4O/c1-12(2)9-15(18)17(22)21(3)11-14-10-19-20-16(14)13-7-5-4-6-8-13/h4-8,12,14-16,19-20H,9-11,18H2,1-3H3/t14?,15-,16?/m1/s1. The van der Waals surface area contributed by atoms with E-state index in [-0.39, 0.29) is 11.9 Å². The quantitative estimate of drug-likeness (QED) is 0.740. The van der Waals surface area contributed by atoms with Crippen molar-refractivity contribution in [2.24, 2.45) is 17.6 Å². The topological polar surface area (TPSA) is 70.4 Å². The minimum absolute atomic E-state index is 0.0346. The molecule has 1 fully saturated rings. The minimum atomic E-state index is -0.400. The Morgan fingerprint density at radius 2 is 2.05 bits per heavy atom. The van der Waals surface area contributed by atoms with Crippen molar-refractivity contribution in [3.63, 3.8) is 0 Å². The maximum absolute atomic E-state index is 12.4. The van der Waals surface area contributed by atoms with Crippen molar-refractivity contribution in [2.75, 3.05) is 20.1 Å². The largest absolute Gasteiger partial charge is 0.344 e. The SMILES string of the molecule is CC(C)C[C@@H](N)C(=O)N(C)CC1CNNC1c1ccccc1. The molecular formula is C17H28N4O. The molecule has 0 spiro atoms. The number of hydrogen-bond acceptors (Lipinski definition) is 4. The van der Waals surface area contributed by atoms with E-state index >= 15 is 0 Å². The number of likely N-dealkylation sites (N-methyl/N-ethyl adjacent to an activating group) is 1. The van der Waals surface area contributed by atoms with Crippen LogP contribution in [0.5, 0.6) is 0 Å². The summed E-state index contributed by atoms with van der Waals surface area (Å²) in [6, 6.07) is 10.1. The van der Waals surface area contributed by atoms with Crippen LogP contribution in [0.3, 0.4) is 0 Å². The molecule has 4 N–H and O–H groups in total. The second kappa shape index (κ2) is 7.72. The lowest BCUT2D eigenvalue weighted by Crippen LogP contribution is -2.45. The molecule has 1 heterocycles. The number of nitrogens with one attached hydrogen (secondary N) is 2. The summed E-state index contributed by atoms with van der Waals surface area (Å²) < 4.78 is 0. The molecule has 0 aliphatic carbocycles. The number of carbonyl (C=O) groups excluding carboxylic acids is 1. The summed E-state index contributed by atoms with van der Waals surface area (Å²) in [4.78, 5) is 14.1. The van der Waals surface area contributed by atoms with Crippen molar-refractivity contribution >= 4 is 5.91 Å². The summed E-state index contributed by atoms with van der Waals surface area (Å²) >= 11 is 0. The van der Waals surface area contributed by atoms with Crippen LogP contribution in [0.2, 0.25) is 0 Å². The molecule has 1 aromatic rings. The van der Waals surface area contributed by atoms with Gasteiger partial charge in [-0.2, -0.15) is 0 Å². The van der Waals surface area contributed by atoms with Gasteiger partial charge in [-0.1, -0.05) is 44.2 Å². The zero-order chi connectivity index (χ0) is 16.1. The second-order valence-corrected chi connectivity index (χ2v) is 6.63. The maximum Gasteiger partial charge on any atom is 0.239 e. The van der Waals surface area contributed by atoms with E-state index in [1.165, 1.54) is 5.56 Å². The molecular weight excluding hydrogens is 276 g/mol. The minimum Gasteiger partial charge on any atom is -0.344 e. The fraction of sp³-hybridized carbons (Fsp3) is 0.588. The number of hydrogen-bond donors (Lipinski definition) is 3. The van der Waals surface area contributed by atoms with Crippen molar-refractivity contribution in [3.05, 3.63) is 35.9 Å². The average Bonchev–Trinajstić information content (AvgIpc) is 2.94. The maximum atomic E-state index is 12.4. The Hall–Kier alpha value is -1.43. The lowest BCUT2D eigenvalue weighted by atomic mass is 9.94. The van der Waals surface area contributed by atoms with Crippen molar-refractivity contribution in [2.45, 2.75) is 32.4 Å². The van der Waals surface area contributed by atoms with Gasteiger partial charge in [0.05, 0.1) is 12.1 Å². The van der Waals surface area contributed by atoms with Crippen LogP contribution in [0, 0.1) is 11.8 Å². The molecule has 1 aliphatic heterocycles. The van der Waals surface area contributed by atoms with E-state index in [2.05, 4.69) is 36.8 Å². The molecule has 0 bridgehead atoms. The van der Waals surface area contributed by atoms with Crippen LogP contribution in [0.25, 0.3) is 0 Å². The molecule has 22 heavy (non-hydrogen) atoms. The molecule has 5 heteroatoms. The molecule has 1 amide bonds. The van der Waals surface area contributed by atoms with Gasteiger partial charge in [-0.25, -0.2) is 5.43 Å². The van der Waals surface area contributed by atoms with Gasteiger partial charge in [0.25, 0.3) is 0 Å². The molecule has 122 valence electrons. The van der Waals surface area contributed by atoms with E-state index in [0.29, 0.717) is 18.4 Å². The van der Waals surface area contributed by atoms with Crippen molar-refractivity contribution in [3.8, 4) is 0 Å². The molecule has 0 aromatic heterocycles. The Morgan fingerprint density at radius 3 is 2.68 bits per heavy atom. The second-order valence-electron chi connectivity index (χ2n) is 6.63. The third-order valence-corrected chi connectivity index (χ3v) is 4.18. The molecule has 0 radical (unpaired) electrons. The number of amides is 1. The average molecular weight is 304 g/mol. The van der Waals surface area contributed by atoms with Crippen LogP contribution in [0.1, 0.15) is 31.9 Å². The number of benzene rings is 1. The number of nitrogens with zero attached hydrogens (tertiary/aromatic N) is 1. The highest BCUT2D eigenvalue weighted by atomic mass is 16.2. The highest BCUT2D eigenvalue weighted by molar-refractivity contribution is 5.81. The summed E-state index contributed by atoms with van der Waals surface area (Å²) in [5, 5.41) is 0. The fourth-order valence-electron chi connectivity index (χ4n) is 3.06. The molecule has 2 rings (SSSR count). The first-order chi connectivity index (χ1) is 10.5. The molecule has 3 atom stereocenters. The predicted octanol–water partition coefficient (Wildman–Crippen LogP) is 1.28. The Morgan fingerprint density at radius 1 is 1.36 bits per heavy atom. The van der Waals surface area contributed by atoms with Crippen LogP contribution >= 0.6 is 0 Å². The zero-order valence-electron chi connectivity index (χ0n) is 13.8. The summed E-state index contributed by atoms with van der Waals surface area (Å²) in [6.07, 6.45) is 0.729. The van der Waals surface area contributed by atoms with Gasteiger partial charge in [-0.15, -0.1) is 0 Å². The number of carbonyl (C=O) groups is 1. The molecule has 1 saturated heterocycles. The van der Waals surface area contributed by atoms with Gasteiger partial charge < -0.3 is 10.6 Å². The third-order valence-electron chi connectivity index (χ3n) is 4.18. The molecule has 1 aliphatic rings. The first-order valence-electron chi connectivity index (χ1n) is 8.03. The lowest BCUT2D eigenvalue weighted by molar-refractivity contribution is -0.132. The van der Waals surface area contributed by atoms with E-state index in [9.17, 15) is 4.79 Å². The molecule has 0 saturated carbocycles. The van der Waals surface area contributed by atoms with Crippen molar-refractivity contribution in [1.29, 1.82) is 0 Å². The van der Waals surface area contributed by atoms with E-state index in [4.69, 9.17) is 5.73 Å². The summed E-state index contributed by atoms with van der Waals surface area (Å²) in [5.41, 5.74) is 13.8. The molecule has 2 unspecified atom stereocenters. The fourth-order valence-corrected chi connectivity index (χ4v) is 3.06. The van der Waals surface area contributed by atoms with E-state index in [0.717, 1.165) is 13.0 Å². The van der Waals surface area contributed by atoms with E-state index in [1.54, 1.807) is 4.90 Å². The first-order valence-corrected chi connectivity index (χ1v) is 8.03. The van der Waals surface area contributed by atoms with Gasteiger partial charge in [-0.05, 0) is 17.9 Å². The summed E-state index contributed by atoms with van der Waals surface area (Å²) in [5.74, 6) is 0.800. The highest BCUT2D eigenvalue weighted by Crippen LogP contribution is 2.25. The number of hydrazine groups is 1. The van der Waals surface area contributed by atoms with Crippen LogP contribution in [-0.2, 0) is 4.79 Å². The molecule has 1 aromatic carbocycles. The van der Waals surface area contributed by atoms with Gasteiger partial charge in [0, 0.05) is 26.1 Å². The highest BCUT2D eigenvalue weighted by Gasteiger charge is 2.31. The summed E-state index contributed by atoms with van der Waals surface area (Å²) in [6.45, 7) is 5.72. The third kappa shape index (κ3) is 4.29. The van der Waals surface area contributed by atoms with Gasteiger partial charge in [0.1, 0.15) is 0 Å². The normalized spacial score (nSPS) is 22.8. The smallest absolute Gasteiger partial charge is 0.239 e. The zero-order valence-corrected chi connectivity index (χ0v) is 13.8.